The van der Waals surface area contributed by atoms with Gasteiger partial charge in [-0.15, -0.1) is 5.10 Å². The molecule has 2 aromatic rings. The summed E-state index contributed by atoms with van der Waals surface area (Å²) in [7, 11) is 0. The first kappa shape index (κ1) is 21.0. The zero-order valence-electron chi connectivity index (χ0n) is 15.8. The molecule has 1 heterocycles. The van der Waals surface area contributed by atoms with Crippen molar-refractivity contribution in [3.8, 4) is 0 Å². The number of fused-ring (bicyclic) bond motifs is 1. The van der Waals surface area contributed by atoms with Crippen LogP contribution in [-0.2, 0) is 22.1 Å². The molecule has 29 heavy (non-hydrogen) atoms. The van der Waals surface area contributed by atoms with Crippen LogP contribution in [0.3, 0.4) is 0 Å². The second-order valence-corrected chi connectivity index (χ2v) is 6.92. The third-order valence-corrected chi connectivity index (χ3v) is 4.80. The third kappa shape index (κ3) is 4.48. The van der Waals surface area contributed by atoms with Gasteiger partial charge in [0.05, 0.1) is 22.9 Å². The minimum atomic E-state index is -4.53. The Labute approximate surface area is 171 Å². The van der Waals surface area contributed by atoms with Crippen LogP contribution in [-0.4, -0.2) is 24.5 Å². The third-order valence-electron chi connectivity index (χ3n) is 4.47. The zero-order chi connectivity index (χ0) is 21.2. The van der Waals surface area contributed by atoms with Crippen molar-refractivity contribution in [1.29, 1.82) is 0 Å². The van der Waals surface area contributed by atoms with Gasteiger partial charge in [0.15, 0.2) is 0 Å². The molecule has 0 saturated heterocycles. The van der Waals surface area contributed by atoms with Gasteiger partial charge >= 0.3 is 12.1 Å². The highest BCUT2D eigenvalue weighted by Gasteiger charge is 2.34. The molecule has 0 bridgehead atoms. The van der Waals surface area contributed by atoms with E-state index < -0.39 is 17.7 Å². The predicted molar refractivity (Wildman–Crippen MR) is 106 cm³/mol. The van der Waals surface area contributed by atoms with Crippen molar-refractivity contribution in [1.82, 2.24) is 0 Å². The number of ether oxygens (including phenoxy) is 1. The zero-order valence-corrected chi connectivity index (χ0v) is 16.5. The Morgan fingerprint density at radius 3 is 2.72 bits per heavy atom. The van der Waals surface area contributed by atoms with Crippen molar-refractivity contribution in [2.75, 3.05) is 16.9 Å². The largest absolute Gasteiger partial charge is 0.460 e. The molecule has 0 spiro atoms. The van der Waals surface area contributed by atoms with Gasteiger partial charge in [-0.3, -0.25) is 5.43 Å². The predicted octanol–water partition coefficient (Wildman–Crippen LogP) is 5.10. The molecular formula is C20H19ClF3N3O2. The summed E-state index contributed by atoms with van der Waals surface area (Å²) in [6.45, 7) is 3.71. The summed E-state index contributed by atoms with van der Waals surface area (Å²) in [5.41, 5.74) is 3.39. The van der Waals surface area contributed by atoms with Gasteiger partial charge in [0.2, 0.25) is 5.84 Å². The number of amidine groups is 1. The highest BCUT2D eigenvalue weighted by Crippen LogP contribution is 2.35. The number of halogens is 4. The van der Waals surface area contributed by atoms with Gasteiger partial charge in [-0.25, -0.2) is 4.79 Å². The summed E-state index contributed by atoms with van der Waals surface area (Å²) in [6.07, 6.45) is -3.84. The highest BCUT2D eigenvalue weighted by molar-refractivity contribution is 6.41. The molecule has 9 heteroatoms. The highest BCUT2D eigenvalue weighted by atomic mass is 35.5. The van der Waals surface area contributed by atoms with Crippen molar-refractivity contribution in [3.63, 3.8) is 0 Å². The maximum absolute atomic E-state index is 13.0. The minimum Gasteiger partial charge on any atom is -0.460 e. The number of hydrazone groups is 1. The van der Waals surface area contributed by atoms with Crippen LogP contribution in [0.5, 0.6) is 0 Å². The number of esters is 1. The maximum atomic E-state index is 13.0. The summed E-state index contributed by atoms with van der Waals surface area (Å²) < 4.78 is 44.1. The lowest BCUT2D eigenvalue weighted by Crippen LogP contribution is -2.42. The molecule has 0 radical (unpaired) electrons. The number of carbonyl (C=O) groups is 1. The van der Waals surface area contributed by atoms with Gasteiger partial charge in [-0.1, -0.05) is 29.8 Å². The number of rotatable bonds is 3. The number of nitrogens with zero attached hydrogens (tertiary/aromatic N) is 2. The Balaban J connectivity index is 1.99. The Hall–Kier alpha value is -2.74. The number of hydrogen-bond acceptors (Lipinski definition) is 4. The lowest BCUT2D eigenvalue weighted by Gasteiger charge is -2.25. The van der Waals surface area contributed by atoms with Gasteiger partial charge in [0.1, 0.15) is 0 Å². The summed E-state index contributed by atoms with van der Waals surface area (Å²) >= 11 is 6.01. The van der Waals surface area contributed by atoms with Crippen LogP contribution >= 0.6 is 11.6 Å². The lowest BCUT2D eigenvalue weighted by atomic mass is 10.1. The maximum Gasteiger partial charge on any atom is 0.416 e. The first-order chi connectivity index (χ1) is 13.7. The van der Waals surface area contributed by atoms with E-state index in [2.05, 4.69) is 10.5 Å². The van der Waals surface area contributed by atoms with Gasteiger partial charge in [0.25, 0.3) is 0 Å². The van der Waals surface area contributed by atoms with E-state index in [0.29, 0.717) is 6.42 Å². The molecular weight excluding hydrogens is 407 g/mol. The average molecular weight is 426 g/mol. The van der Waals surface area contributed by atoms with Crippen LogP contribution < -0.4 is 10.3 Å². The fourth-order valence-corrected chi connectivity index (χ4v) is 3.34. The van der Waals surface area contributed by atoms with Crippen LogP contribution in [0, 0.1) is 0 Å². The van der Waals surface area contributed by atoms with E-state index in [-0.39, 0.29) is 29.2 Å². The standard InChI is InChI=1S/C20H19ClF3N3O2/c1-3-29-19(28)18(27-12(2)10-13-6-4-5-7-17(13)27)26-25-16-11-14(20(22,23)24)8-9-15(16)21/h4-9,11-12,25H,3,10H2,1-2H3. The molecule has 5 nitrogen and oxygen atoms in total. The molecule has 0 aliphatic carbocycles. The van der Waals surface area contributed by atoms with Crippen molar-refractivity contribution in [2.45, 2.75) is 32.5 Å². The van der Waals surface area contributed by atoms with Crippen LogP contribution in [0.1, 0.15) is 25.0 Å². The van der Waals surface area contributed by atoms with E-state index in [4.69, 9.17) is 16.3 Å². The van der Waals surface area contributed by atoms with Gasteiger partial charge < -0.3 is 9.64 Å². The monoisotopic (exact) mass is 425 g/mol. The Kier molecular flexibility index (Phi) is 6.02. The second kappa shape index (κ2) is 8.32. The number of anilines is 2. The molecule has 0 amide bonds. The van der Waals surface area contributed by atoms with Crippen LogP contribution in [0.25, 0.3) is 0 Å². The summed E-state index contributed by atoms with van der Waals surface area (Å²) in [6, 6.07) is 10.3. The molecule has 1 unspecified atom stereocenters. The Bertz CT molecular complexity index is 947. The summed E-state index contributed by atoms with van der Waals surface area (Å²) in [4.78, 5) is 14.3. The smallest absolute Gasteiger partial charge is 0.416 e. The van der Waals surface area contributed by atoms with E-state index in [0.717, 1.165) is 29.4 Å². The SMILES string of the molecule is CCOC(=O)C(=NNc1cc(C(F)(F)F)ccc1Cl)N1c2ccccc2CC1C. The van der Waals surface area contributed by atoms with Gasteiger partial charge in [0, 0.05) is 11.7 Å². The second-order valence-electron chi connectivity index (χ2n) is 6.51. The fraction of sp³-hybridized carbons (Fsp3) is 0.300. The number of para-hydroxylation sites is 1. The number of nitrogens with one attached hydrogen (secondary N) is 1. The molecule has 1 aliphatic rings. The first-order valence-corrected chi connectivity index (χ1v) is 9.35. The van der Waals surface area contributed by atoms with Crippen molar-refractivity contribution >= 4 is 34.8 Å². The van der Waals surface area contributed by atoms with Crippen molar-refractivity contribution in [2.24, 2.45) is 5.10 Å². The number of hydrogen-bond donors (Lipinski definition) is 1. The van der Waals surface area contributed by atoms with Crippen LogP contribution in [0.15, 0.2) is 47.6 Å². The van der Waals surface area contributed by atoms with E-state index in [9.17, 15) is 18.0 Å². The molecule has 1 N–H and O–H groups in total. The van der Waals surface area contributed by atoms with E-state index >= 15 is 0 Å². The average Bonchev–Trinajstić information content (AvgIpc) is 2.98. The first-order valence-electron chi connectivity index (χ1n) is 8.97. The lowest BCUT2D eigenvalue weighted by molar-refractivity contribution is -0.137. The molecule has 1 aliphatic heterocycles. The van der Waals surface area contributed by atoms with Gasteiger partial charge in [-0.05, 0) is 50.1 Å². The van der Waals surface area contributed by atoms with Crippen LogP contribution in [0.2, 0.25) is 5.02 Å². The van der Waals surface area contributed by atoms with E-state index in [1.807, 2.05) is 31.2 Å². The minimum absolute atomic E-state index is 0.0415. The van der Waals surface area contributed by atoms with Crippen LogP contribution in [0.4, 0.5) is 24.5 Å². The fourth-order valence-electron chi connectivity index (χ4n) is 3.18. The molecule has 2 aromatic carbocycles. The summed E-state index contributed by atoms with van der Waals surface area (Å²) in [5.74, 6) is -0.746. The van der Waals surface area contributed by atoms with E-state index in [1.165, 1.54) is 0 Å². The number of alkyl halides is 3. The van der Waals surface area contributed by atoms with Crippen molar-refractivity contribution in [3.05, 3.63) is 58.6 Å². The summed E-state index contributed by atoms with van der Waals surface area (Å²) in [5, 5.41) is 4.14. The Morgan fingerprint density at radius 2 is 2.03 bits per heavy atom. The van der Waals surface area contributed by atoms with Gasteiger partial charge in [-0.2, -0.15) is 13.2 Å². The quantitative estimate of drug-likeness (QED) is 0.322. The topological polar surface area (TPSA) is 53.9 Å². The molecule has 0 fully saturated rings. The Morgan fingerprint density at radius 1 is 1.31 bits per heavy atom. The molecule has 0 saturated carbocycles. The molecule has 1 atom stereocenters. The molecule has 3 rings (SSSR count). The molecule has 154 valence electrons. The number of benzene rings is 2. The number of carbonyl (C=O) groups excluding carboxylic acids is 1. The normalized spacial score (nSPS) is 16.6. The van der Waals surface area contributed by atoms with Crippen molar-refractivity contribution < 1.29 is 22.7 Å². The van der Waals surface area contributed by atoms with E-state index in [1.54, 1.807) is 11.8 Å². The molecule has 0 aromatic heterocycles.